The highest BCUT2D eigenvalue weighted by Gasteiger charge is 2.26. The lowest BCUT2D eigenvalue weighted by Crippen LogP contribution is -2.56. The zero-order valence-electron chi connectivity index (χ0n) is 19.3. The minimum atomic E-state index is -0.662. The Bertz CT molecular complexity index is 1140. The molecule has 3 heterocycles. The molecule has 3 N–H and O–H groups in total. The molecule has 4 amide bonds. The highest BCUT2D eigenvalue weighted by Crippen LogP contribution is 2.19. The molecule has 2 aromatic heterocycles. The van der Waals surface area contributed by atoms with E-state index in [9.17, 15) is 14.4 Å². The number of aromatic amines is 1. The van der Waals surface area contributed by atoms with Gasteiger partial charge in [-0.15, -0.1) is 0 Å². The van der Waals surface area contributed by atoms with Gasteiger partial charge >= 0.3 is 6.03 Å². The number of nitrogens with zero attached hydrogens (tertiary/aromatic N) is 3. The van der Waals surface area contributed by atoms with Gasteiger partial charge in [0.1, 0.15) is 6.04 Å². The van der Waals surface area contributed by atoms with E-state index in [-0.39, 0.29) is 17.8 Å². The van der Waals surface area contributed by atoms with Gasteiger partial charge in [0.05, 0.1) is 0 Å². The van der Waals surface area contributed by atoms with Gasteiger partial charge in [0.2, 0.25) is 11.8 Å². The number of carbonyl (C=O) groups is 3. The standard InChI is InChI=1S/C25H30N6O3/c1-18(24(33)28-16-19-8-10-26-11-9-19)29-25(34)31-14-12-30(13-15-31)23(32)7-6-20-17-27-22-5-3-2-4-21(20)22/h2-5,8-11,17-18,27H,6-7,12-16H2,1H3,(H,28,33)(H,29,34)/t18-/m1/s1. The minimum Gasteiger partial charge on any atom is -0.361 e. The van der Waals surface area contributed by atoms with Gasteiger partial charge in [-0.1, -0.05) is 18.2 Å². The average Bonchev–Trinajstić information content (AvgIpc) is 3.29. The van der Waals surface area contributed by atoms with Crippen LogP contribution >= 0.6 is 0 Å². The molecule has 3 aromatic rings. The van der Waals surface area contributed by atoms with Crippen LogP contribution in [0.2, 0.25) is 0 Å². The lowest BCUT2D eigenvalue weighted by Gasteiger charge is -2.35. The Hall–Kier alpha value is -3.88. The number of pyridine rings is 1. The Labute approximate surface area is 198 Å². The van der Waals surface area contributed by atoms with Gasteiger partial charge in [-0.2, -0.15) is 0 Å². The molecule has 0 radical (unpaired) electrons. The van der Waals surface area contributed by atoms with Crippen LogP contribution in [0.4, 0.5) is 4.79 Å². The molecule has 0 saturated carbocycles. The molecule has 1 aliphatic heterocycles. The Balaban J connectivity index is 1.18. The molecular formula is C25H30N6O3. The molecule has 178 valence electrons. The molecule has 1 aliphatic rings. The normalized spacial score (nSPS) is 14.6. The number of H-pyrrole nitrogens is 1. The van der Waals surface area contributed by atoms with E-state index in [4.69, 9.17) is 0 Å². The maximum Gasteiger partial charge on any atom is 0.318 e. The van der Waals surface area contributed by atoms with E-state index in [0.29, 0.717) is 45.6 Å². The van der Waals surface area contributed by atoms with Crippen molar-refractivity contribution in [2.75, 3.05) is 26.2 Å². The first-order chi connectivity index (χ1) is 16.5. The van der Waals surface area contributed by atoms with E-state index >= 15 is 0 Å². The minimum absolute atomic E-state index is 0.0918. The van der Waals surface area contributed by atoms with Crippen molar-refractivity contribution >= 4 is 28.7 Å². The molecule has 1 atom stereocenters. The molecule has 9 nitrogen and oxygen atoms in total. The van der Waals surface area contributed by atoms with Crippen molar-refractivity contribution in [1.29, 1.82) is 0 Å². The van der Waals surface area contributed by atoms with E-state index in [1.54, 1.807) is 24.2 Å². The second kappa shape index (κ2) is 10.8. The monoisotopic (exact) mass is 462 g/mol. The van der Waals surface area contributed by atoms with Gasteiger partial charge in [-0.05, 0) is 42.7 Å². The number of rotatable bonds is 7. The quantitative estimate of drug-likeness (QED) is 0.499. The van der Waals surface area contributed by atoms with Crippen molar-refractivity contribution in [2.24, 2.45) is 0 Å². The van der Waals surface area contributed by atoms with Crippen LogP contribution in [0.15, 0.2) is 55.0 Å². The molecule has 0 unspecified atom stereocenters. The summed E-state index contributed by atoms with van der Waals surface area (Å²) >= 11 is 0. The van der Waals surface area contributed by atoms with E-state index in [2.05, 4.69) is 26.7 Å². The molecule has 0 bridgehead atoms. The van der Waals surface area contributed by atoms with E-state index < -0.39 is 6.04 Å². The molecule has 0 aliphatic carbocycles. The number of piperazine rings is 1. The third-order valence-corrected chi connectivity index (χ3v) is 6.15. The number of nitrogens with one attached hydrogen (secondary N) is 3. The summed E-state index contributed by atoms with van der Waals surface area (Å²) in [6, 6.07) is 10.8. The fourth-order valence-corrected chi connectivity index (χ4v) is 4.08. The maximum atomic E-state index is 12.7. The lowest BCUT2D eigenvalue weighted by molar-refractivity contribution is -0.132. The van der Waals surface area contributed by atoms with Crippen molar-refractivity contribution < 1.29 is 14.4 Å². The Kier molecular flexibility index (Phi) is 7.41. The maximum absolute atomic E-state index is 12.7. The summed E-state index contributed by atoms with van der Waals surface area (Å²) in [5.41, 5.74) is 3.15. The van der Waals surface area contributed by atoms with Crippen molar-refractivity contribution in [3.8, 4) is 0 Å². The zero-order chi connectivity index (χ0) is 23.9. The number of para-hydroxylation sites is 1. The number of amides is 4. The number of benzene rings is 1. The van der Waals surface area contributed by atoms with Gasteiger partial charge in [0.15, 0.2) is 0 Å². The largest absolute Gasteiger partial charge is 0.361 e. The third kappa shape index (κ3) is 5.72. The third-order valence-electron chi connectivity index (χ3n) is 6.15. The fourth-order valence-electron chi connectivity index (χ4n) is 4.08. The van der Waals surface area contributed by atoms with Crippen molar-refractivity contribution in [3.05, 3.63) is 66.1 Å². The van der Waals surface area contributed by atoms with Crippen LogP contribution in [-0.4, -0.2) is 69.8 Å². The number of aromatic nitrogens is 2. The smallest absolute Gasteiger partial charge is 0.318 e. The highest BCUT2D eigenvalue weighted by molar-refractivity contribution is 5.87. The van der Waals surface area contributed by atoms with Gasteiger partial charge < -0.3 is 25.4 Å². The Morgan fingerprint density at radius 3 is 2.50 bits per heavy atom. The topological polar surface area (TPSA) is 110 Å². The summed E-state index contributed by atoms with van der Waals surface area (Å²) in [5.74, 6) is -0.162. The van der Waals surface area contributed by atoms with Crippen LogP contribution in [0.3, 0.4) is 0 Å². The van der Waals surface area contributed by atoms with Gasteiger partial charge in [-0.3, -0.25) is 14.6 Å². The van der Waals surface area contributed by atoms with Gasteiger partial charge in [-0.25, -0.2) is 4.79 Å². The predicted molar refractivity (Wildman–Crippen MR) is 129 cm³/mol. The summed E-state index contributed by atoms with van der Waals surface area (Å²) in [7, 11) is 0. The van der Waals surface area contributed by atoms with Crippen LogP contribution in [0.25, 0.3) is 10.9 Å². The highest BCUT2D eigenvalue weighted by atomic mass is 16.2. The van der Waals surface area contributed by atoms with E-state index in [1.807, 2.05) is 41.4 Å². The average molecular weight is 463 g/mol. The van der Waals surface area contributed by atoms with Crippen LogP contribution in [0.5, 0.6) is 0 Å². The molecule has 0 spiro atoms. The molecule has 4 rings (SSSR count). The second-order valence-electron chi connectivity index (χ2n) is 8.47. The Morgan fingerprint density at radius 1 is 1.03 bits per heavy atom. The van der Waals surface area contributed by atoms with Crippen LogP contribution < -0.4 is 10.6 Å². The van der Waals surface area contributed by atoms with E-state index in [1.165, 1.54) is 0 Å². The Morgan fingerprint density at radius 2 is 1.74 bits per heavy atom. The molecule has 1 fully saturated rings. The zero-order valence-corrected chi connectivity index (χ0v) is 19.3. The van der Waals surface area contributed by atoms with Crippen molar-refractivity contribution in [1.82, 2.24) is 30.4 Å². The first-order valence-electron chi connectivity index (χ1n) is 11.6. The number of carbonyl (C=O) groups excluding carboxylic acids is 3. The number of hydrogen-bond acceptors (Lipinski definition) is 4. The molecule has 1 aromatic carbocycles. The first kappa shape index (κ1) is 23.3. The summed E-state index contributed by atoms with van der Waals surface area (Å²) in [6.07, 6.45) is 6.41. The molecular weight excluding hydrogens is 432 g/mol. The number of hydrogen-bond donors (Lipinski definition) is 3. The van der Waals surface area contributed by atoms with Crippen molar-refractivity contribution in [2.45, 2.75) is 32.4 Å². The van der Waals surface area contributed by atoms with Gasteiger partial charge in [0.25, 0.3) is 0 Å². The number of aryl methyl sites for hydroxylation is 1. The van der Waals surface area contributed by atoms with Gasteiger partial charge in [0, 0.05) is 68.6 Å². The lowest BCUT2D eigenvalue weighted by atomic mass is 10.1. The SMILES string of the molecule is C[C@@H](NC(=O)N1CCN(C(=O)CCc2c[nH]c3ccccc23)CC1)C(=O)NCc1ccncc1. The van der Waals surface area contributed by atoms with E-state index in [0.717, 1.165) is 22.0 Å². The predicted octanol–water partition coefficient (Wildman–Crippen LogP) is 2.05. The second-order valence-corrected chi connectivity index (χ2v) is 8.47. The van der Waals surface area contributed by atoms with Crippen LogP contribution in [-0.2, 0) is 22.6 Å². The summed E-state index contributed by atoms with van der Waals surface area (Å²) in [5, 5.41) is 6.71. The molecule has 1 saturated heterocycles. The first-order valence-corrected chi connectivity index (χ1v) is 11.6. The number of fused-ring (bicyclic) bond motifs is 1. The van der Waals surface area contributed by atoms with Crippen LogP contribution in [0.1, 0.15) is 24.5 Å². The summed E-state index contributed by atoms with van der Waals surface area (Å²) in [4.78, 5) is 48.2. The molecule has 9 heteroatoms. The fraction of sp³-hybridized carbons (Fsp3) is 0.360. The molecule has 34 heavy (non-hydrogen) atoms. The van der Waals surface area contributed by atoms with Crippen molar-refractivity contribution in [3.63, 3.8) is 0 Å². The summed E-state index contributed by atoms with van der Waals surface area (Å²) in [6.45, 7) is 3.89. The van der Waals surface area contributed by atoms with Crippen LogP contribution in [0, 0.1) is 0 Å². The summed E-state index contributed by atoms with van der Waals surface area (Å²) < 4.78 is 0. The number of urea groups is 1.